The van der Waals surface area contributed by atoms with Crippen LogP contribution in [0, 0.1) is 0 Å². The lowest BCUT2D eigenvalue weighted by atomic mass is 9.96. The standard InChI is InChI=1S/C19H34O16/c1-30-16-12(26)9(23)6(3-21)34-19(16)35-15-10(24)7(32-17(29)14(15)28)4-31-18-13(27)11(25)8(22)5(2-20)33-18/h5-29H,2-4H2,1H3/t5-,6-,7-,8-,9-,10-,11+,12+,13+,14+,15+,16+,17-,18+,19-/m1/s1. The van der Waals surface area contributed by atoms with Gasteiger partial charge in [0.25, 0.3) is 0 Å². The first-order valence-electron chi connectivity index (χ1n) is 11.0. The van der Waals surface area contributed by atoms with Gasteiger partial charge in [-0.1, -0.05) is 0 Å². The largest absolute Gasteiger partial charge is 0.394 e. The summed E-state index contributed by atoms with van der Waals surface area (Å²) >= 11 is 0. The fraction of sp³-hybridized carbons (Fsp3) is 1.00. The number of ether oxygens (including phenoxy) is 6. The molecule has 10 N–H and O–H groups in total. The van der Waals surface area contributed by atoms with Crippen LogP contribution in [0.2, 0.25) is 0 Å². The number of aliphatic hydroxyl groups is 10. The van der Waals surface area contributed by atoms with Crippen molar-refractivity contribution in [2.24, 2.45) is 0 Å². The van der Waals surface area contributed by atoms with E-state index in [0.717, 1.165) is 0 Å². The van der Waals surface area contributed by atoms with Gasteiger partial charge in [0.2, 0.25) is 0 Å². The molecular weight excluding hydrogens is 484 g/mol. The van der Waals surface area contributed by atoms with Gasteiger partial charge < -0.3 is 79.5 Å². The summed E-state index contributed by atoms with van der Waals surface area (Å²) in [5, 5.41) is 99.9. The van der Waals surface area contributed by atoms with E-state index in [1.54, 1.807) is 0 Å². The van der Waals surface area contributed by atoms with E-state index in [9.17, 15) is 51.1 Å². The van der Waals surface area contributed by atoms with Gasteiger partial charge in [0.15, 0.2) is 18.9 Å². The summed E-state index contributed by atoms with van der Waals surface area (Å²) in [6.07, 6.45) is -23.4. The second-order valence-corrected chi connectivity index (χ2v) is 8.58. The summed E-state index contributed by atoms with van der Waals surface area (Å²) in [5.41, 5.74) is 0. The Morgan fingerprint density at radius 3 is 1.71 bits per heavy atom. The number of methoxy groups -OCH3 is 1. The lowest BCUT2D eigenvalue weighted by molar-refractivity contribution is -0.363. The van der Waals surface area contributed by atoms with E-state index in [4.69, 9.17) is 28.4 Å². The van der Waals surface area contributed by atoms with Crippen molar-refractivity contribution in [2.45, 2.75) is 92.1 Å². The van der Waals surface area contributed by atoms with Crippen molar-refractivity contribution in [3.05, 3.63) is 0 Å². The summed E-state index contributed by atoms with van der Waals surface area (Å²) in [6, 6.07) is 0. The molecule has 3 aliphatic rings. The van der Waals surface area contributed by atoms with Crippen LogP contribution in [-0.2, 0) is 28.4 Å². The van der Waals surface area contributed by atoms with E-state index >= 15 is 0 Å². The van der Waals surface area contributed by atoms with Crippen LogP contribution in [0.25, 0.3) is 0 Å². The van der Waals surface area contributed by atoms with Crippen molar-refractivity contribution in [1.82, 2.24) is 0 Å². The summed E-state index contributed by atoms with van der Waals surface area (Å²) in [5.74, 6) is 0. The summed E-state index contributed by atoms with van der Waals surface area (Å²) in [6.45, 7) is -1.95. The van der Waals surface area contributed by atoms with Crippen molar-refractivity contribution in [3.63, 3.8) is 0 Å². The van der Waals surface area contributed by atoms with Gasteiger partial charge in [-0.3, -0.25) is 0 Å². The van der Waals surface area contributed by atoms with Crippen LogP contribution in [0.1, 0.15) is 0 Å². The van der Waals surface area contributed by atoms with Crippen LogP contribution in [0.3, 0.4) is 0 Å². The molecule has 0 spiro atoms. The molecule has 0 amide bonds. The van der Waals surface area contributed by atoms with Gasteiger partial charge in [-0.05, 0) is 0 Å². The molecule has 3 saturated heterocycles. The molecule has 0 aromatic carbocycles. The predicted molar refractivity (Wildman–Crippen MR) is 106 cm³/mol. The predicted octanol–water partition coefficient (Wildman–Crippen LogP) is -6.92. The fourth-order valence-electron chi connectivity index (χ4n) is 4.18. The van der Waals surface area contributed by atoms with E-state index in [2.05, 4.69) is 0 Å². The van der Waals surface area contributed by atoms with Crippen LogP contribution < -0.4 is 0 Å². The topological polar surface area (TPSA) is 258 Å². The summed E-state index contributed by atoms with van der Waals surface area (Å²) in [7, 11) is 1.18. The van der Waals surface area contributed by atoms with Gasteiger partial charge in [-0.15, -0.1) is 0 Å². The molecule has 3 aliphatic heterocycles. The average Bonchev–Trinajstić information content (AvgIpc) is 2.84. The zero-order valence-electron chi connectivity index (χ0n) is 18.7. The molecule has 0 aliphatic carbocycles. The normalized spacial score (nSPS) is 51.3. The fourth-order valence-corrected chi connectivity index (χ4v) is 4.18. The maximum atomic E-state index is 10.7. The van der Waals surface area contributed by atoms with Crippen molar-refractivity contribution in [1.29, 1.82) is 0 Å². The molecule has 3 rings (SSSR count). The van der Waals surface area contributed by atoms with Gasteiger partial charge in [0, 0.05) is 7.11 Å². The van der Waals surface area contributed by atoms with Crippen molar-refractivity contribution in [2.75, 3.05) is 26.9 Å². The lowest BCUT2D eigenvalue weighted by Gasteiger charge is -2.46. The average molecular weight is 518 g/mol. The molecule has 0 saturated carbocycles. The highest BCUT2D eigenvalue weighted by Gasteiger charge is 2.51. The van der Waals surface area contributed by atoms with Gasteiger partial charge in [0.05, 0.1) is 19.8 Å². The van der Waals surface area contributed by atoms with Crippen molar-refractivity contribution >= 4 is 0 Å². The highest BCUT2D eigenvalue weighted by molar-refractivity contribution is 4.95. The van der Waals surface area contributed by atoms with Crippen molar-refractivity contribution in [3.8, 4) is 0 Å². The summed E-state index contributed by atoms with van der Waals surface area (Å²) in [4.78, 5) is 0. The van der Waals surface area contributed by atoms with Gasteiger partial charge >= 0.3 is 0 Å². The maximum Gasteiger partial charge on any atom is 0.187 e. The molecule has 16 heteroatoms. The zero-order chi connectivity index (χ0) is 26.0. The van der Waals surface area contributed by atoms with E-state index in [1.165, 1.54) is 7.11 Å². The highest BCUT2D eigenvalue weighted by Crippen LogP contribution is 2.30. The minimum absolute atomic E-state index is 0.576. The van der Waals surface area contributed by atoms with E-state index < -0.39 is 112 Å². The third-order valence-corrected chi connectivity index (χ3v) is 6.32. The third-order valence-electron chi connectivity index (χ3n) is 6.32. The molecule has 0 bridgehead atoms. The Labute approximate surface area is 199 Å². The Morgan fingerprint density at radius 1 is 0.571 bits per heavy atom. The molecule has 3 fully saturated rings. The van der Waals surface area contributed by atoms with Crippen LogP contribution in [0.5, 0.6) is 0 Å². The highest BCUT2D eigenvalue weighted by atomic mass is 16.7. The molecular formula is C19H34O16. The number of aliphatic hydroxyl groups excluding tert-OH is 10. The minimum Gasteiger partial charge on any atom is -0.394 e. The van der Waals surface area contributed by atoms with Gasteiger partial charge in [0.1, 0.15) is 73.2 Å². The first-order chi connectivity index (χ1) is 16.5. The molecule has 0 unspecified atom stereocenters. The quantitative estimate of drug-likeness (QED) is 0.143. The Balaban J connectivity index is 1.68. The second-order valence-electron chi connectivity index (χ2n) is 8.58. The van der Waals surface area contributed by atoms with E-state index in [1.807, 2.05) is 0 Å². The maximum absolute atomic E-state index is 10.7. The van der Waals surface area contributed by atoms with E-state index in [0.29, 0.717) is 0 Å². The number of hydrogen-bond acceptors (Lipinski definition) is 16. The molecule has 16 nitrogen and oxygen atoms in total. The molecule has 0 aromatic heterocycles. The number of rotatable bonds is 8. The van der Waals surface area contributed by atoms with E-state index in [-0.39, 0.29) is 0 Å². The smallest absolute Gasteiger partial charge is 0.187 e. The minimum atomic E-state index is -1.89. The van der Waals surface area contributed by atoms with Crippen LogP contribution in [0.4, 0.5) is 0 Å². The third kappa shape index (κ3) is 5.93. The second kappa shape index (κ2) is 12.3. The Bertz CT molecular complexity index is 654. The van der Waals surface area contributed by atoms with Crippen LogP contribution in [-0.4, -0.2) is 170 Å². The lowest BCUT2D eigenvalue weighted by Crippen LogP contribution is -2.65. The van der Waals surface area contributed by atoms with Crippen LogP contribution in [0.15, 0.2) is 0 Å². The molecule has 0 aromatic rings. The Kier molecular flexibility index (Phi) is 10.1. The molecule has 15 atom stereocenters. The Hall–Kier alpha value is -0.640. The van der Waals surface area contributed by atoms with Crippen LogP contribution >= 0.6 is 0 Å². The molecule has 206 valence electrons. The zero-order valence-corrected chi connectivity index (χ0v) is 18.7. The molecule has 0 radical (unpaired) electrons. The van der Waals surface area contributed by atoms with Crippen molar-refractivity contribution < 1.29 is 79.5 Å². The SMILES string of the molecule is CO[C@@H]1[C@@H](O[C@@H]2[C@H](O)[C@H](O)O[C@H](CO[C@H]3O[C@H](CO)[C@@H](O)[C@H](O)[C@@H]3O)[C@H]2O)O[C@H](CO)[C@@H](O)[C@@H]1O. The summed E-state index contributed by atoms with van der Waals surface area (Å²) < 4.78 is 31.7. The molecule has 3 heterocycles. The van der Waals surface area contributed by atoms with Gasteiger partial charge in [-0.2, -0.15) is 0 Å². The first kappa shape index (κ1) is 28.9. The number of hydrogen-bond donors (Lipinski definition) is 10. The first-order valence-corrected chi connectivity index (χ1v) is 11.0. The molecule has 35 heavy (non-hydrogen) atoms. The monoisotopic (exact) mass is 518 g/mol. The Morgan fingerprint density at radius 2 is 1.14 bits per heavy atom. The van der Waals surface area contributed by atoms with Gasteiger partial charge in [-0.25, -0.2) is 0 Å².